The molecule has 3 rings (SSSR count). The van der Waals surface area contributed by atoms with Crippen molar-refractivity contribution in [3.63, 3.8) is 0 Å². The molecular weight excluding hydrogens is 298 g/mol. The SMILES string of the molecule is CCCCN[C@H]1Cc2cc(OC)ccc2C(c2ccnc(C)c2)=N1. The summed E-state index contributed by atoms with van der Waals surface area (Å²) in [5.74, 6) is 0.896. The van der Waals surface area contributed by atoms with Gasteiger partial charge in [-0.25, -0.2) is 0 Å². The quantitative estimate of drug-likeness (QED) is 0.828. The van der Waals surface area contributed by atoms with Crippen molar-refractivity contribution in [1.82, 2.24) is 10.3 Å². The highest BCUT2D eigenvalue weighted by molar-refractivity contribution is 6.14. The summed E-state index contributed by atoms with van der Waals surface area (Å²) in [5.41, 5.74) is 5.64. The highest BCUT2D eigenvalue weighted by Gasteiger charge is 2.22. The molecule has 1 aromatic heterocycles. The van der Waals surface area contributed by atoms with Gasteiger partial charge >= 0.3 is 0 Å². The van der Waals surface area contributed by atoms with E-state index in [9.17, 15) is 0 Å². The van der Waals surface area contributed by atoms with Gasteiger partial charge in [0.15, 0.2) is 0 Å². The van der Waals surface area contributed by atoms with Crippen LogP contribution >= 0.6 is 0 Å². The number of nitrogens with one attached hydrogen (secondary N) is 1. The topological polar surface area (TPSA) is 46.5 Å². The van der Waals surface area contributed by atoms with E-state index in [1.54, 1.807) is 7.11 Å². The van der Waals surface area contributed by atoms with Crippen molar-refractivity contribution in [3.8, 4) is 5.75 Å². The van der Waals surface area contributed by atoms with Gasteiger partial charge < -0.3 is 4.74 Å². The van der Waals surface area contributed by atoms with Crippen LogP contribution in [0.2, 0.25) is 0 Å². The summed E-state index contributed by atoms with van der Waals surface area (Å²) in [5, 5.41) is 3.57. The van der Waals surface area contributed by atoms with Gasteiger partial charge in [-0.1, -0.05) is 13.3 Å². The molecule has 1 aromatic carbocycles. The van der Waals surface area contributed by atoms with Crippen molar-refractivity contribution in [2.24, 2.45) is 4.99 Å². The highest BCUT2D eigenvalue weighted by Crippen LogP contribution is 2.26. The van der Waals surface area contributed by atoms with E-state index in [4.69, 9.17) is 9.73 Å². The van der Waals surface area contributed by atoms with Gasteiger partial charge in [0.25, 0.3) is 0 Å². The Morgan fingerprint density at radius 2 is 2.12 bits per heavy atom. The number of ether oxygens (including phenoxy) is 1. The molecule has 0 fully saturated rings. The molecule has 0 saturated carbocycles. The number of methoxy groups -OCH3 is 1. The van der Waals surface area contributed by atoms with Crippen molar-refractivity contribution >= 4 is 5.71 Å². The van der Waals surface area contributed by atoms with Crippen molar-refractivity contribution in [3.05, 3.63) is 58.9 Å². The second-order valence-electron chi connectivity index (χ2n) is 6.21. The standard InChI is InChI=1S/C20H25N3O/c1-4-5-9-22-19-13-16-12-17(24-3)6-7-18(16)20(23-19)15-8-10-21-14(2)11-15/h6-8,10-12,19,22H,4-5,9,13H2,1-3H3/t19-/m1/s1. The van der Waals surface area contributed by atoms with Crippen LogP contribution in [-0.2, 0) is 6.42 Å². The number of hydrogen-bond donors (Lipinski definition) is 1. The number of aliphatic imine (C=N–C) groups is 1. The van der Waals surface area contributed by atoms with Gasteiger partial charge in [-0.3, -0.25) is 15.3 Å². The van der Waals surface area contributed by atoms with Gasteiger partial charge in [-0.2, -0.15) is 0 Å². The average molecular weight is 323 g/mol. The molecule has 0 bridgehead atoms. The molecule has 2 heterocycles. The molecule has 0 spiro atoms. The molecule has 4 nitrogen and oxygen atoms in total. The van der Waals surface area contributed by atoms with Crippen molar-refractivity contribution in [1.29, 1.82) is 0 Å². The number of fused-ring (bicyclic) bond motifs is 1. The van der Waals surface area contributed by atoms with Crippen LogP contribution in [0, 0.1) is 6.92 Å². The molecule has 1 atom stereocenters. The van der Waals surface area contributed by atoms with E-state index in [0.717, 1.165) is 35.7 Å². The minimum atomic E-state index is 0.111. The molecule has 1 aliphatic rings. The maximum atomic E-state index is 5.40. The van der Waals surface area contributed by atoms with E-state index in [0.29, 0.717) is 0 Å². The second-order valence-corrected chi connectivity index (χ2v) is 6.21. The van der Waals surface area contributed by atoms with Crippen LogP contribution in [0.4, 0.5) is 0 Å². The number of rotatable bonds is 6. The third-order valence-electron chi connectivity index (χ3n) is 4.35. The van der Waals surface area contributed by atoms with Crippen LogP contribution in [0.25, 0.3) is 0 Å². The fourth-order valence-corrected chi connectivity index (χ4v) is 3.06. The smallest absolute Gasteiger partial charge is 0.119 e. The Hall–Kier alpha value is -2.20. The third-order valence-corrected chi connectivity index (χ3v) is 4.35. The van der Waals surface area contributed by atoms with Gasteiger partial charge in [0.1, 0.15) is 11.9 Å². The molecule has 126 valence electrons. The number of aromatic nitrogens is 1. The van der Waals surface area contributed by atoms with Crippen molar-refractivity contribution in [2.75, 3.05) is 13.7 Å². The molecule has 0 radical (unpaired) electrons. The molecule has 1 N–H and O–H groups in total. The number of nitrogens with zero attached hydrogens (tertiary/aromatic N) is 2. The Kier molecular flexibility index (Phi) is 5.26. The van der Waals surface area contributed by atoms with E-state index >= 15 is 0 Å². The first-order chi connectivity index (χ1) is 11.7. The Morgan fingerprint density at radius 1 is 1.25 bits per heavy atom. The van der Waals surface area contributed by atoms with Crippen LogP contribution < -0.4 is 10.1 Å². The maximum absolute atomic E-state index is 5.40. The monoisotopic (exact) mass is 323 g/mol. The molecule has 2 aromatic rings. The lowest BCUT2D eigenvalue weighted by Crippen LogP contribution is -2.35. The predicted octanol–water partition coefficient (Wildman–Crippen LogP) is 3.51. The van der Waals surface area contributed by atoms with Crippen LogP contribution in [0.5, 0.6) is 5.75 Å². The number of benzene rings is 1. The fraction of sp³-hybridized carbons (Fsp3) is 0.400. The van der Waals surface area contributed by atoms with Gasteiger partial charge in [-0.15, -0.1) is 0 Å². The van der Waals surface area contributed by atoms with Gasteiger partial charge in [0.05, 0.1) is 12.8 Å². The van der Waals surface area contributed by atoms with Crippen LogP contribution in [0.3, 0.4) is 0 Å². The Labute approximate surface area is 144 Å². The first-order valence-electron chi connectivity index (χ1n) is 8.62. The van der Waals surface area contributed by atoms with E-state index in [1.807, 2.05) is 25.3 Å². The minimum absolute atomic E-state index is 0.111. The summed E-state index contributed by atoms with van der Waals surface area (Å²) in [4.78, 5) is 9.31. The number of pyridine rings is 1. The van der Waals surface area contributed by atoms with E-state index in [2.05, 4.69) is 35.4 Å². The molecule has 0 saturated heterocycles. The Balaban J connectivity index is 1.98. The molecular formula is C20H25N3O. The lowest BCUT2D eigenvalue weighted by atomic mass is 9.92. The van der Waals surface area contributed by atoms with Crippen LogP contribution in [0.1, 0.15) is 42.1 Å². The lowest BCUT2D eigenvalue weighted by molar-refractivity contribution is 0.413. The number of hydrogen-bond acceptors (Lipinski definition) is 4. The number of unbranched alkanes of at least 4 members (excludes halogenated alkanes) is 1. The van der Waals surface area contributed by atoms with Crippen LogP contribution in [-0.4, -0.2) is 30.5 Å². The van der Waals surface area contributed by atoms with E-state index < -0.39 is 0 Å². The van der Waals surface area contributed by atoms with E-state index in [-0.39, 0.29) is 6.17 Å². The summed E-state index contributed by atoms with van der Waals surface area (Å²) >= 11 is 0. The van der Waals surface area contributed by atoms with Crippen molar-refractivity contribution < 1.29 is 4.74 Å². The molecule has 0 aliphatic carbocycles. The fourth-order valence-electron chi connectivity index (χ4n) is 3.06. The summed E-state index contributed by atoms with van der Waals surface area (Å²) in [6.07, 6.45) is 5.21. The van der Waals surface area contributed by atoms with Gasteiger partial charge in [-0.05, 0) is 55.8 Å². The summed E-state index contributed by atoms with van der Waals surface area (Å²) in [6, 6.07) is 10.4. The normalized spacial score (nSPS) is 16.5. The zero-order chi connectivity index (χ0) is 16.9. The number of aryl methyl sites for hydroxylation is 1. The molecule has 1 aliphatic heterocycles. The average Bonchev–Trinajstić information content (AvgIpc) is 2.60. The minimum Gasteiger partial charge on any atom is -0.497 e. The van der Waals surface area contributed by atoms with Gasteiger partial charge in [0.2, 0.25) is 0 Å². The maximum Gasteiger partial charge on any atom is 0.119 e. The summed E-state index contributed by atoms with van der Waals surface area (Å²) in [6.45, 7) is 5.21. The lowest BCUT2D eigenvalue weighted by Gasteiger charge is -2.25. The zero-order valence-corrected chi connectivity index (χ0v) is 14.7. The Morgan fingerprint density at radius 3 is 2.88 bits per heavy atom. The second kappa shape index (κ2) is 7.58. The molecule has 4 heteroatoms. The van der Waals surface area contributed by atoms with Crippen molar-refractivity contribution in [2.45, 2.75) is 39.3 Å². The Bertz CT molecular complexity index is 739. The summed E-state index contributed by atoms with van der Waals surface area (Å²) < 4.78 is 5.40. The van der Waals surface area contributed by atoms with Crippen LogP contribution in [0.15, 0.2) is 41.5 Å². The van der Waals surface area contributed by atoms with Gasteiger partial charge in [0, 0.05) is 29.4 Å². The summed E-state index contributed by atoms with van der Waals surface area (Å²) in [7, 11) is 1.71. The first kappa shape index (κ1) is 16.7. The predicted molar refractivity (Wildman–Crippen MR) is 98.0 cm³/mol. The highest BCUT2D eigenvalue weighted by atomic mass is 16.5. The molecule has 0 amide bonds. The molecule has 24 heavy (non-hydrogen) atoms. The van der Waals surface area contributed by atoms with E-state index in [1.165, 1.54) is 24.0 Å². The first-order valence-corrected chi connectivity index (χ1v) is 8.62. The molecule has 0 unspecified atom stereocenters. The zero-order valence-electron chi connectivity index (χ0n) is 14.7. The third kappa shape index (κ3) is 3.65. The largest absolute Gasteiger partial charge is 0.497 e.